The number of rotatable bonds is 2. The van der Waals surface area contributed by atoms with Crippen molar-refractivity contribution in [3.63, 3.8) is 0 Å². The van der Waals surface area contributed by atoms with Gasteiger partial charge in [0.05, 0.1) is 4.92 Å². The number of hydrogen-bond donors (Lipinski definition) is 1. The summed E-state index contributed by atoms with van der Waals surface area (Å²) in [4.78, 5) is 24.3. The van der Waals surface area contributed by atoms with Crippen LogP contribution in [0.5, 0.6) is 0 Å². The Hall–Kier alpha value is -3.03. The van der Waals surface area contributed by atoms with E-state index in [1.165, 1.54) is 18.2 Å². The Morgan fingerprint density at radius 2 is 2.10 bits per heavy atom. The summed E-state index contributed by atoms with van der Waals surface area (Å²) in [6.07, 6.45) is 0. The van der Waals surface area contributed by atoms with Gasteiger partial charge in [-0.3, -0.25) is 24.3 Å². The molecule has 0 saturated carbocycles. The lowest BCUT2D eigenvalue weighted by Crippen LogP contribution is -2.09. The van der Waals surface area contributed by atoms with Crippen molar-refractivity contribution < 1.29 is 4.92 Å². The summed E-state index contributed by atoms with van der Waals surface area (Å²) in [5.74, 6) is 0.744. The minimum atomic E-state index is -0.471. The zero-order valence-corrected chi connectivity index (χ0v) is 10.4. The second kappa shape index (κ2) is 4.26. The molecule has 8 heteroatoms. The molecular weight excluding hydrogens is 262 g/mol. The molecule has 100 valence electrons. The van der Waals surface area contributed by atoms with Crippen LogP contribution in [0.1, 0.15) is 5.69 Å². The van der Waals surface area contributed by atoms with Crippen LogP contribution in [0.3, 0.4) is 0 Å². The van der Waals surface area contributed by atoms with E-state index in [1.807, 2.05) is 0 Å². The highest BCUT2D eigenvalue weighted by molar-refractivity contribution is 5.61. The number of aryl methyl sites for hydroxylation is 1. The van der Waals surface area contributed by atoms with Crippen LogP contribution in [-0.2, 0) is 0 Å². The van der Waals surface area contributed by atoms with E-state index < -0.39 is 4.92 Å². The summed E-state index contributed by atoms with van der Waals surface area (Å²) < 4.78 is 1.64. The van der Waals surface area contributed by atoms with Gasteiger partial charge >= 0.3 is 0 Å². The molecule has 0 aliphatic rings. The molecule has 1 N–H and O–H groups in total. The third-order valence-corrected chi connectivity index (χ3v) is 2.91. The van der Waals surface area contributed by atoms with E-state index in [2.05, 4.69) is 15.2 Å². The van der Waals surface area contributed by atoms with Gasteiger partial charge in [0.25, 0.3) is 11.2 Å². The van der Waals surface area contributed by atoms with Crippen molar-refractivity contribution in [2.24, 2.45) is 0 Å². The fourth-order valence-electron chi connectivity index (χ4n) is 2.05. The summed E-state index contributed by atoms with van der Waals surface area (Å²) >= 11 is 0. The van der Waals surface area contributed by atoms with E-state index >= 15 is 0 Å². The molecular formula is C12H9N5O3. The van der Waals surface area contributed by atoms with E-state index in [1.54, 1.807) is 23.5 Å². The maximum Gasteiger partial charge on any atom is 0.270 e. The first-order chi connectivity index (χ1) is 9.56. The van der Waals surface area contributed by atoms with Gasteiger partial charge < -0.3 is 0 Å². The number of benzene rings is 1. The van der Waals surface area contributed by atoms with Crippen LogP contribution in [0.25, 0.3) is 17.2 Å². The van der Waals surface area contributed by atoms with Crippen LogP contribution in [-0.4, -0.2) is 24.5 Å². The number of nitrogens with one attached hydrogen (secondary N) is 1. The van der Waals surface area contributed by atoms with Gasteiger partial charge in [-0.2, -0.15) is 0 Å². The molecule has 0 fully saturated rings. The van der Waals surface area contributed by atoms with E-state index in [0.717, 1.165) is 0 Å². The fraction of sp³-hybridized carbons (Fsp3) is 0.0833. The third-order valence-electron chi connectivity index (χ3n) is 2.91. The number of nitrogens with zero attached hydrogens (tertiary/aromatic N) is 4. The Balaban J connectivity index is 2.27. The first-order valence-electron chi connectivity index (χ1n) is 5.76. The molecule has 3 rings (SSSR count). The number of H-pyrrole nitrogens is 1. The number of aromatic amines is 1. The van der Waals surface area contributed by atoms with Crippen molar-refractivity contribution >= 4 is 11.5 Å². The van der Waals surface area contributed by atoms with Crippen LogP contribution < -0.4 is 5.56 Å². The molecule has 2 aromatic heterocycles. The number of fused-ring (bicyclic) bond motifs is 1. The molecule has 0 spiro atoms. The summed E-state index contributed by atoms with van der Waals surface area (Å²) in [5.41, 5.74) is 0.909. The Bertz CT molecular complexity index is 880. The average molecular weight is 271 g/mol. The molecule has 3 aromatic rings. The number of non-ortho nitro benzene ring substituents is 1. The highest BCUT2D eigenvalue weighted by atomic mass is 16.6. The summed E-state index contributed by atoms with van der Waals surface area (Å²) in [5, 5.41) is 18.7. The maximum atomic E-state index is 11.4. The van der Waals surface area contributed by atoms with Gasteiger partial charge in [-0.15, -0.1) is 10.2 Å². The molecule has 1 aromatic carbocycles. The van der Waals surface area contributed by atoms with Crippen LogP contribution in [0.4, 0.5) is 5.69 Å². The first kappa shape index (κ1) is 12.0. The van der Waals surface area contributed by atoms with Crippen LogP contribution in [0.15, 0.2) is 35.1 Å². The van der Waals surface area contributed by atoms with Crippen molar-refractivity contribution in [1.82, 2.24) is 19.6 Å². The van der Waals surface area contributed by atoms with E-state index in [9.17, 15) is 14.9 Å². The smallest absolute Gasteiger partial charge is 0.270 e. The molecule has 20 heavy (non-hydrogen) atoms. The van der Waals surface area contributed by atoms with Crippen molar-refractivity contribution in [2.75, 3.05) is 0 Å². The summed E-state index contributed by atoms with van der Waals surface area (Å²) in [6, 6.07) is 7.52. The Morgan fingerprint density at radius 3 is 2.85 bits per heavy atom. The van der Waals surface area contributed by atoms with Crippen LogP contribution in [0.2, 0.25) is 0 Å². The lowest BCUT2D eigenvalue weighted by atomic mass is 10.2. The molecule has 0 aliphatic carbocycles. The van der Waals surface area contributed by atoms with Gasteiger partial charge in [-0.1, -0.05) is 12.1 Å². The van der Waals surface area contributed by atoms with Crippen molar-refractivity contribution in [2.45, 2.75) is 6.92 Å². The van der Waals surface area contributed by atoms with Crippen molar-refractivity contribution in [1.29, 1.82) is 0 Å². The number of nitro benzene ring substituents is 1. The van der Waals surface area contributed by atoms with Gasteiger partial charge in [0.2, 0.25) is 5.78 Å². The highest BCUT2D eigenvalue weighted by Crippen LogP contribution is 2.22. The molecule has 0 radical (unpaired) electrons. The second-order valence-electron chi connectivity index (χ2n) is 4.27. The van der Waals surface area contributed by atoms with E-state index in [0.29, 0.717) is 22.9 Å². The third kappa shape index (κ3) is 1.83. The van der Waals surface area contributed by atoms with Gasteiger partial charge in [0.15, 0.2) is 5.82 Å². The van der Waals surface area contributed by atoms with E-state index in [4.69, 9.17) is 0 Å². The Morgan fingerprint density at radius 1 is 1.30 bits per heavy atom. The van der Waals surface area contributed by atoms with Crippen molar-refractivity contribution in [3.05, 3.63) is 56.5 Å². The molecule has 0 atom stereocenters. The molecule has 0 bridgehead atoms. The SMILES string of the molecule is Cc1cc(=O)[nH]c2nnc(-c3cccc([N+](=O)[O-])c3)n12. The van der Waals surface area contributed by atoms with Crippen LogP contribution in [0, 0.1) is 17.0 Å². The second-order valence-corrected chi connectivity index (χ2v) is 4.27. The molecule has 8 nitrogen and oxygen atoms in total. The van der Waals surface area contributed by atoms with Gasteiger partial charge in [-0.25, -0.2) is 0 Å². The van der Waals surface area contributed by atoms with E-state index in [-0.39, 0.29) is 11.2 Å². The highest BCUT2D eigenvalue weighted by Gasteiger charge is 2.14. The number of hydrogen-bond acceptors (Lipinski definition) is 5. The summed E-state index contributed by atoms with van der Waals surface area (Å²) in [7, 11) is 0. The molecule has 0 amide bonds. The Kier molecular flexibility index (Phi) is 2.56. The quantitative estimate of drug-likeness (QED) is 0.558. The lowest BCUT2D eigenvalue weighted by Gasteiger charge is -2.02. The molecule has 0 saturated heterocycles. The number of nitro groups is 1. The average Bonchev–Trinajstić information content (AvgIpc) is 2.82. The predicted octanol–water partition coefficient (Wildman–Crippen LogP) is 1.30. The summed E-state index contributed by atoms with van der Waals surface area (Å²) in [6.45, 7) is 1.74. The minimum absolute atomic E-state index is 0.0265. The Labute approximate surface area is 111 Å². The standard InChI is InChI=1S/C12H9N5O3/c1-7-5-10(18)13-12-15-14-11(16(7)12)8-3-2-4-9(6-8)17(19)20/h2-6H,1H3,(H,13,15,18). The molecule has 0 unspecified atom stereocenters. The van der Waals surface area contributed by atoms with Crippen molar-refractivity contribution in [3.8, 4) is 11.4 Å². The number of aromatic nitrogens is 4. The first-order valence-corrected chi connectivity index (χ1v) is 5.76. The zero-order chi connectivity index (χ0) is 14.3. The van der Waals surface area contributed by atoms with Crippen LogP contribution >= 0.6 is 0 Å². The zero-order valence-electron chi connectivity index (χ0n) is 10.4. The largest absolute Gasteiger partial charge is 0.291 e. The lowest BCUT2D eigenvalue weighted by molar-refractivity contribution is -0.384. The topological polar surface area (TPSA) is 106 Å². The maximum absolute atomic E-state index is 11.4. The molecule has 0 aliphatic heterocycles. The van der Waals surface area contributed by atoms with Gasteiger partial charge in [0.1, 0.15) is 0 Å². The predicted molar refractivity (Wildman–Crippen MR) is 70.4 cm³/mol. The fourth-order valence-corrected chi connectivity index (χ4v) is 2.05. The monoisotopic (exact) mass is 271 g/mol. The molecule has 2 heterocycles. The minimum Gasteiger partial charge on any atom is -0.291 e. The van der Waals surface area contributed by atoms with Gasteiger partial charge in [0, 0.05) is 29.5 Å². The normalized spacial score (nSPS) is 10.8. The van der Waals surface area contributed by atoms with Gasteiger partial charge in [-0.05, 0) is 6.92 Å².